The first-order valence-corrected chi connectivity index (χ1v) is 9.50. The van der Waals surface area contributed by atoms with E-state index < -0.39 is 5.60 Å². The fraction of sp³-hybridized carbons (Fsp3) is 0.450. The Balaban J connectivity index is 1.42. The molecule has 1 saturated heterocycles. The molecular weight excluding hydrogens is 346 g/mol. The summed E-state index contributed by atoms with van der Waals surface area (Å²) in [5.74, 6) is 0.407. The van der Waals surface area contributed by atoms with Crippen LogP contribution in [0.25, 0.3) is 0 Å². The number of phenols is 1. The molecule has 1 aromatic carbocycles. The zero-order chi connectivity index (χ0) is 18.6. The minimum atomic E-state index is -0.698. The molecule has 7 nitrogen and oxygen atoms in total. The van der Waals surface area contributed by atoms with Gasteiger partial charge in [-0.25, -0.2) is 9.78 Å². The van der Waals surface area contributed by atoms with Crippen LogP contribution in [0, 0.1) is 0 Å². The summed E-state index contributed by atoms with van der Waals surface area (Å²) in [4.78, 5) is 34.3. The van der Waals surface area contributed by atoms with Crippen molar-refractivity contribution in [2.75, 3.05) is 18.0 Å². The number of hydrogen-bond donors (Lipinski definition) is 2. The van der Waals surface area contributed by atoms with Gasteiger partial charge in [-0.1, -0.05) is 0 Å². The van der Waals surface area contributed by atoms with Crippen LogP contribution in [0.2, 0.25) is 0 Å². The smallest absolute Gasteiger partial charge is 0.339 e. The third-order valence-corrected chi connectivity index (χ3v) is 6.05. The van der Waals surface area contributed by atoms with Gasteiger partial charge in [0.25, 0.3) is 5.56 Å². The summed E-state index contributed by atoms with van der Waals surface area (Å²) in [5.41, 5.74) is 2.31. The van der Waals surface area contributed by atoms with Crippen LogP contribution in [-0.4, -0.2) is 34.1 Å². The molecule has 27 heavy (non-hydrogen) atoms. The van der Waals surface area contributed by atoms with Gasteiger partial charge in [0.2, 0.25) is 5.95 Å². The molecule has 3 aliphatic rings. The van der Waals surface area contributed by atoms with Crippen molar-refractivity contribution < 1.29 is 14.6 Å². The highest BCUT2D eigenvalue weighted by Crippen LogP contribution is 2.45. The second-order valence-electron chi connectivity index (χ2n) is 7.62. The maximum atomic E-state index is 12.4. The summed E-state index contributed by atoms with van der Waals surface area (Å²) < 4.78 is 5.74. The molecule has 5 rings (SSSR count). The number of rotatable bonds is 1. The van der Waals surface area contributed by atoms with Crippen LogP contribution in [0.15, 0.2) is 23.0 Å². The highest BCUT2D eigenvalue weighted by Gasteiger charge is 2.47. The number of anilines is 1. The molecule has 1 fully saturated rings. The zero-order valence-corrected chi connectivity index (χ0v) is 15.0. The van der Waals surface area contributed by atoms with Gasteiger partial charge in [-0.05, 0) is 43.9 Å². The van der Waals surface area contributed by atoms with Crippen LogP contribution in [0.1, 0.15) is 52.9 Å². The first-order chi connectivity index (χ1) is 13.1. The largest absolute Gasteiger partial charge is 0.508 e. The van der Waals surface area contributed by atoms with Crippen LogP contribution in [0.4, 0.5) is 5.95 Å². The number of aryl methyl sites for hydroxylation is 1. The lowest BCUT2D eigenvalue weighted by Crippen LogP contribution is -2.44. The van der Waals surface area contributed by atoms with Crippen molar-refractivity contribution in [3.05, 3.63) is 50.9 Å². The number of aromatic amines is 1. The highest BCUT2D eigenvalue weighted by molar-refractivity contribution is 5.95. The molecule has 1 aromatic heterocycles. The molecule has 140 valence electrons. The van der Waals surface area contributed by atoms with Crippen molar-refractivity contribution in [2.45, 2.75) is 44.1 Å². The third-order valence-electron chi connectivity index (χ3n) is 6.05. The Bertz CT molecular complexity index is 989. The minimum Gasteiger partial charge on any atom is -0.508 e. The number of carbonyl (C=O) groups excluding carboxylic acids is 1. The van der Waals surface area contributed by atoms with E-state index in [4.69, 9.17) is 9.72 Å². The number of aromatic hydroxyl groups is 1. The fourth-order valence-electron chi connectivity index (χ4n) is 4.57. The quantitative estimate of drug-likeness (QED) is 0.749. The molecule has 2 aliphatic heterocycles. The Morgan fingerprint density at radius 1 is 1.15 bits per heavy atom. The molecule has 0 amide bonds. The molecule has 1 aliphatic carbocycles. The summed E-state index contributed by atoms with van der Waals surface area (Å²) >= 11 is 0. The van der Waals surface area contributed by atoms with E-state index in [1.165, 1.54) is 6.07 Å². The van der Waals surface area contributed by atoms with Gasteiger partial charge >= 0.3 is 5.97 Å². The Kier molecular flexibility index (Phi) is 3.54. The van der Waals surface area contributed by atoms with Crippen LogP contribution in [-0.2, 0) is 23.2 Å². The molecule has 0 unspecified atom stereocenters. The molecule has 0 saturated carbocycles. The van der Waals surface area contributed by atoms with E-state index in [2.05, 4.69) is 9.88 Å². The van der Waals surface area contributed by atoms with Crippen molar-refractivity contribution in [1.29, 1.82) is 0 Å². The monoisotopic (exact) mass is 367 g/mol. The van der Waals surface area contributed by atoms with Gasteiger partial charge in [0.05, 0.1) is 11.3 Å². The molecule has 2 N–H and O–H groups in total. The minimum absolute atomic E-state index is 0.0300. The number of aromatic nitrogens is 2. The summed E-state index contributed by atoms with van der Waals surface area (Å²) in [7, 11) is 0. The molecule has 1 spiro atoms. The number of fused-ring (bicyclic) bond motifs is 3. The van der Waals surface area contributed by atoms with Crippen molar-refractivity contribution in [3.8, 4) is 5.75 Å². The number of phenolic OH excluding ortho intramolecular Hbond substituents is 1. The number of esters is 1. The van der Waals surface area contributed by atoms with Crippen molar-refractivity contribution in [2.24, 2.45) is 0 Å². The van der Waals surface area contributed by atoms with Crippen LogP contribution >= 0.6 is 0 Å². The Morgan fingerprint density at radius 3 is 2.74 bits per heavy atom. The molecular formula is C20H21N3O4. The maximum Gasteiger partial charge on any atom is 0.339 e. The summed E-state index contributed by atoms with van der Waals surface area (Å²) in [6.07, 6.45) is 4.96. The predicted octanol–water partition coefficient (Wildman–Crippen LogP) is 2.02. The van der Waals surface area contributed by atoms with Crippen LogP contribution in [0.5, 0.6) is 5.75 Å². The molecule has 0 bridgehead atoms. The van der Waals surface area contributed by atoms with E-state index >= 15 is 0 Å². The van der Waals surface area contributed by atoms with Gasteiger partial charge in [-0.15, -0.1) is 0 Å². The number of carbonyl (C=O) groups is 1. The summed E-state index contributed by atoms with van der Waals surface area (Å²) in [6, 6.07) is 4.77. The molecule has 3 heterocycles. The van der Waals surface area contributed by atoms with Gasteiger partial charge in [0, 0.05) is 37.1 Å². The van der Waals surface area contributed by atoms with Crippen LogP contribution in [0.3, 0.4) is 0 Å². The van der Waals surface area contributed by atoms with Crippen molar-refractivity contribution in [3.63, 3.8) is 0 Å². The molecule has 0 atom stereocenters. The molecule has 2 aromatic rings. The average Bonchev–Trinajstić information content (AvgIpc) is 2.93. The fourth-order valence-corrected chi connectivity index (χ4v) is 4.57. The zero-order valence-electron chi connectivity index (χ0n) is 15.0. The lowest BCUT2D eigenvalue weighted by molar-refractivity contribution is -0.0212. The number of ether oxygens (including phenoxy) is 1. The van der Waals surface area contributed by atoms with Crippen LogP contribution < -0.4 is 10.5 Å². The maximum absolute atomic E-state index is 12.4. The Labute approximate surface area is 156 Å². The van der Waals surface area contributed by atoms with Gasteiger partial charge < -0.3 is 14.7 Å². The number of nitrogens with zero attached hydrogens (tertiary/aromatic N) is 2. The first-order valence-electron chi connectivity index (χ1n) is 9.50. The Morgan fingerprint density at radius 2 is 1.93 bits per heavy atom. The van der Waals surface area contributed by atoms with E-state index in [-0.39, 0.29) is 17.3 Å². The van der Waals surface area contributed by atoms with Gasteiger partial charge in [-0.2, -0.15) is 0 Å². The predicted molar refractivity (Wildman–Crippen MR) is 98.1 cm³/mol. The highest BCUT2D eigenvalue weighted by atomic mass is 16.6. The van der Waals surface area contributed by atoms with E-state index in [9.17, 15) is 14.7 Å². The normalized spacial score (nSPS) is 20.3. The van der Waals surface area contributed by atoms with Crippen molar-refractivity contribution in [1.82, 2.24) is 9.97 Å². The van der Waals surface area contributed by atoms with E-state index in [1.54, 1.807) is 12.1 Å². The van der Waals surface area contributed by atoms with Gasteiger partial charge in [-0.3, -0.25) is 9.78 Å². The third kappa shape index (κ3) is 2.52. The average molecular weight is 367 g/mol. The SMILES string of the molecule is O=C1OC2(CCN(c3nc4c(c(=O)[nH]3)CCCC4)CC2)c2cc(O)ccc21. The van der Waals surface area contributed by atoms with E-state index in [0.29, 0.717) is 37.4 Å². The number of piperidine rings is 1. The van der Waals surface area contributed by atoms with E-state index in [0.717, 1.165) is 42.5 Å². The molecule has 0 radical (unpaired) electrons. The topological polar surface area (TPSA) is 95.5 Å². The lowest BCUT2D eigenvalue weighted by atomic mass is 9.83. The van der Waals surface area contributed by atoms with Gasteiger partial charge in [0.15, 0.2) is 0 Å². The molecule has 7 heteroatoms. The number of H-pyrrole nitrogens is 1. The number of nitrogens with one attached hydrogen (secondary N) is 1. The first kappa shape index (κ1) is 16.4. The van der Waals surface area contributed by atoms with Crippen molar-refractivity contribution >= 4 is 11.9 Å². The lowest BCUT2D eigenvalue weighted by Gasteiger charge is -2.39. The second kappa shape index (κ2) is 5.84. The number of hydrogen-bond acceptors (Lipinski definition) is 6. The Hall–Kier alpha value is -2.83. The standard InChI is InChI=1S/C20H21N3O4/c24-12-5-6-13-15(11-12)20(27-18(13)26)7-9-23(10-8-20)19-21-16-4-2-1-3-14(16)17(25)22-19/h5-6,11,24H,1-4,7-10H2,(H,21,22,25). The van der Waals surface area contributed by atoms with E-state index in [1.807, 2.05) is 0 Å². The summed E-state index contributed by atoms with van der Waals surface area (Å²) in [5, 5.41) is 9.84. The summed E-state index contributed by atoms with van der Waals surface area (Å²) in [6.45, 7) is 1.23. The number of benzene rings is 1. The van der Waals surface area contributed by atoms with Gasteiger partial charge in [0.1, 0.15) is 11.4 Å². The second-order valence-corrected chi connectivity index (χ2v) is 7.62.